The quantitative estimate of drug-likeness (QED) is 0.434. The number of carboxylic acid groups (broad SMARTS) is 1. The fourth-order valence-electron chi connectivity index (χ4n) is 4.45. The molecule has 154 valence electrons. The first-order valence-electron chi connectivity index (χ1n) is 9.36. The summed E-state index contributed by atoms with van der Waals surface area (Å²) in [4.78, 5) is 49.9. The average Bonchev–Trinajstić information content (AvgIpc) is 3.16. The van der Waals surface area contributed by atoms with Gasteiger partial charge in [0, 0.05) is 42.6 Å². The van der Waals surface area contributed by atoms with Crippen molar-refractivity contribution >= 4 is 35.5 Å². The molecule has 3 heterocycles. The minimum absolute atomic E-state index is 0.0437. The lowest BCUT2D eigenvalue weighted by atomic mass is 9.78. The molecule has 3 aliphatic heterocycles. The number of nitrogens with zero attached hydrogens (tertiary/aromatic N) is 1. The van der Waals surface area contributed by atoms with Crippen molar-refractivity contribution in [3.63, 3.8) is 0 Å². The number of rotatable bonds is 6. The van der Waals surface area contributed by atoms with Crippen LogP contribution in [-0.4, -0.2) is 70.7 Å². The van der Waals surface area contributed by atoms with Gasteiger partial charge in [-0.25, -0.2) is 4.79 Å². The first-order valence-corrected chi connectivity index (χ1v) is 10.2. The van der Waals surface area contributed by atoms with Gasteiger partial charge in [0.05, 0.1) is 18.0 Å². The van der Waals surface area contributed by atoms with E-state index >= 15 is 0 Å². The van der Waals surface area contributed by atoms with Crippen LogP contribution in [0.1, 0.15) is 27.2 Å². The highest BCUT2D eigenvalue weighted by Crippen LogP contribution is 2.51. The molecule has 10 heteroatoms. The Morgan fingerprint density at radius 2 is 2.04 bits per heavy atom. The second-order valence-corrected chi connectivity index (χ2v) is 8.91. The van der Waals surface area contributed by atoms with E-state index in [9.17, 15) is 24.3 Å². The minimum atomic E-state index is -1.12. The largest absolute Gasteiger partial charge is 0.477 e. The average molecular weight is 410 g/mol. The molecule has 0 spiro atoms. The standard InChI is InChI=1S/C18H26N4O5S/c1-7-13-12(8(2)21-9(3)23)17(25)22(13)14(18(26)27)15(7)28-10-5-11(20-6-10)16(24)19-4/h7-8,10-13,20H,5-6H2,1-4H3,(H,19,24)(H,21,23)(H,26,27)/t7-,8-,10+,11+,12-,13-/m1/s1. The maximum Gasteiger partial charge on any atom is 0.353 e. The molecule has 28 heavy (non-hydrogen) atoms. The zero-order valence-electron chi connectivity index (χ0n) is 16.3. The predicted octanol–water partition coefficient (Wildman–Crippen LogP) is -0.506. The summed E-state index contributed by atoms with van der Waals surface area (Å²) < 4.78 is 0. The Kier molecular flexibility index (Phi) is 5.72. The van der Waals surface area contributed by atoms with Gasteiger partial charge in [-0.2, -0.15) is 0 Å². The van der Waals surface area contributed by atoms with Gasteiger partial charge in [-0.1, -0.05) is 6.92 Å². The molecular formula is C18H26N4O5S. The van der Waals surface area contributed by atoms with Gasteiger partial charge < -0.3 is 26.0 Å². The zero-order valence-corrected chi connectivity index (χ0v) is 17.1. The Labute approximate surface area is 167 Å². The summed E-state index contributed by atoms with van der Waals surface area (Å²) in [6.45, 7) is 5.69. The summed E-state index contributed by atoms with van der Waals surface area (Å²) in [7, 11) is 1.58. The van der Waals surface area contributed by atoms with Crippen LogP contribution in [0.4, 0.5) is 0 Å². The molecule has 3 amide bonds. The molecule has 3 aliphatic rings. The van der Waals surface area contributed by atoms with Gasteiger partial charge in [-0.05, 0) is 13.3 Å². The Bertz CT molecular complexity index is 754. The number of hydrogen-bond acceptors (Lipinski definition) is 6. The lowest BCUT2D eigenvalue weighted by Crippen LogP contribution is -2.66. The van der Waals surface area contributed by atoms with E-state index in [1.807, 2.05) is 6.92 Å². The van der Waals surface area contributed by atoms with Crippen molar-refractivity contribution in [2.75, 3.05) is 13.6 Å². The molecule has 0 bridgehead atoms. The lowest BCUT2D eigenvalue weighted by molar-refractivity contribution is -0.158. The van der Waals surface area contributed by atoms with Crippen molar-refractivity contribution in [3.8, 4) is 0 Å². The summed E-state index contributed by atoms with van der Waals surface area (Å²) in [5.74, 6) is -2.27. The van der Waals surface area contributed by atoms with E-state index in [4.69, 9.17) is 0 Å². The predicted molar refractivity (Wildman–Crippen MR) is 103 cm³/mol. The number of nitrogens with one attached hydrogen (secondary N) is 3. The van der Waals surface area contributed by atoms with Gasteiger partial charge in [0.1, 0.15) is 5.70 Å². The van der Waals surface area contributed by atoms with Gasteiger partial charge in [-0.3, -0.25) is 14.4 Å². The number of hydrogen-bond donors (Lipinski definition) is 4. The maximum atomic E-state index is 12.7. The number of aliphatic carboxylic acids is 1. The molecule has 2 saturated heterocycles. The van der Waals surface area contributed by atoms with Crippen molar-refractivity contribution in [1.82, 2.24) is 20.9 Å². The molecule has 9 nitrogen and oxygen atoms in total. The van der Waals surface area contributed by atoms with Crippen LogP contribution in [-0.2, 0) is 19.2 Å². The fraction of sp³-hybridized carbons (Fsp3) is 0.667. The third kappa shape index (κ3) is 3.39. The van der Waals surface area contributed by atoms with Crippen LogP contribution < -0.4 is 16.0 Å². The maximum absolute atomic E-state index is 12.7. The Hall–Kier alpha value is -2.07. The number of likely N-dealkylation sites (N-methyl/N-ethyl adjacent to an activating group) is 1. The first kappa shape index (κ1) is 20.7. The van der Waals surface area contributed by atoms with Crippen LogP contribution in [0.25, 0.3) is 0 Å². The number of carbonyl (C=O) groups excluding carboxylic acids is 3. The zero-order chi connectivity index (χ0) is 20.7. The van der Waals surface area contributed by atoms with Gasteiger partial charge in [0.25, 0.3) is 0 Å². The van der Waals surface area contributed by atoms with Crippen LogP contribution in [0.15, 0.2) is 10.6 Å². The van der Waals surface area contributed by atoms with Crippen molar-refractivity contribution < 1.29 is 24.3 Å². The van der Waals surface area contributed by atoms with E-state index in [-0.39, 0.29) is 52.7 Å². The van der Waals surface area contributed by atoms with Crippen molar-refractivity contribution in [2.45, 2.75) is 50.6 Å². The Morgan fingerprint density at radius 3 is 2.61 bits per heavy atom. The molecule has 6 atom stereocenters. The third-order valence-corrected chi connectivity index (χ3v) is 7.22. The normalized spacial score (nSPS) is 32.6. The van der Waals surface area contributed by atoms with Crippen molar-refractivity contribution in [1.29, 1.82) is 0 Å². The molecule has 0 radical (unpaired) electrons. The number of carbonyl (C=O) groups is 4. The monoisotopic (exact) mass is 410 g/mol. The first-order chi connectivity index (χ1) is 13.2. The van der Waals surface area contributed by atoms with E-state index < -0.39 is 11.9 Å². The molecule has 0 saturated carbocycles. The Morgan fingerprint density at radius 1 is 1.36 bits per heavy atom. The molecule has 2 fully saturated rings. The van der Waals surface area contributed by atoms with Crippen LogP contribution in [0.5, 0.6) is 0 Å². The highest BCUT2D eigenvalue weighted by atomic mass is 32.2. The number of thioether (sulfide) groups is 1. The molecular weight excluding hydrogens is 384 g/mol. The van der Waals surface area contributed by atoms with Crippen LogP contribution in [0.2, 0.25) is 0 Å². The molecule has 0 aromatic heterocycles. The fourth-order valence-corrected chi connectivity index (χ4v) is 5.93. The second-order valence-electron chi connectivity index (χ2n) is 7.57. The van der Waals surface area contributed by atoms with Crippen LogP contribution >= 0.6 is 11.8 Å². The van der Waals surface area contributed by atoms with Crippen molar-refractivity contribution in [2.24, 2.45) is 11.8 Å². The van der Waals surface area contributed by atoms with Crippen LogP contribution in [0, 0.1) is 11.8 Å². The smallest absolute Gasteiger partial charge is 0.353 e. The summed E-state index contributed by atoms with van der Waals surface area (Å²) in [6, 6.07) is -0.926. The number of fused-ring (bicyclic) bond motifs is 1. The number of carboxylic acids is 1. The van der Waals surface area contributed by atoms with Crippen molar-refractivity contribution in [3.05, 3.63) is 10.6 Å². The molecule has 4 N–H and O–H groups in total. The topological polar surface area (TPSA) is 128 Å². The van der Waals surface area contributed by atoms with Gasteiger partial charge >= 0.3 is 5.97 Å². The van der Waals surface area contributed by atoms with E-state index in [1.54, 1.807) is 14.0 Å². The Balaban J connectivity index is 1.78. The van der Waals surface area contributed by atoms with Gasteiger partial charge in [-0.15, -0.1) is 11.8 Å². The van der Waals surface area contributed by atoms with E-state index in [0.717, 1.165) is 0 Å². The number of β-lactam (4-membered cyclic amide) rings is 1. The lowest BCUT2D eigenvalue weighted by Gasteiger charge is -2.47. The third-order valence-electron chi connectivity index (χ3n) is 5.71. The van der Waals surface area contributed by atoms with E-state index in [2.05, 4.69) is 16.0 Å². The molecule has 0 aromatic rings. The van der Waals surface area contributed by atoms with Crippen LogP contribution in [0.3, 0.4) is 0 Å². The molecule has 0 aromatic carbocycles. The summed E-state index contributed by atoms with van der Waals surface area (Å²) in [5.41, 5.74) is 0.0437. The summed E-state index contributed by atoms with van der Waals surface area (Å²) in [5, 5.41) is 18.3. The second kappa shape index (κ2) is 7.75. The number of amides is 3. The summed E-state index contributed by atoms with van der Waals surface area (Å²) >= 11 is 1.44. The minimum Gasteiger partial charge on any atom is -0.477 e. The SMILES string of the molecule is CNC(=O)[C@@H]1C[C@H](SC2=C(C(=O)O)N3C(=O)[C@H]([C@@H](C)NC(C)=O)[C@H]3[C@H]2C)CN1. The highest BCUT2D eigenvalue weighted by Gasteiger charge is 2.60. The van der Waals surface area contributed by atoms with E-state index in [1.165, 1.54) is 23.6 Å². The molecule has 0 unspecified atom stereocenters. The van der Waals surface area contributed by atoms with Gasteiger partial charge in [0.2, 0.25) is 17.7 Å². The summed E-state index contributed by atoms with van der Waals surface area (Å²) in [6.07, 6.45) is 0.595. The molecule has 3 rings (SSSR count). The van der Waals surface area contributed by atoms with Gasteiger partial charge in [0.15, 0.2) is 0 Å². The van der Waals surface area contributed by atoms with E-state index in [0.29, 0.717) is 17.9 Å². The molecule has 0 aliphatic carbocycles. The highest BCUT2D eigenvalue weighted by molar-refractivity contribution is 8.03.